The van der Waals surface area contributed by atoms with Crippen LogP contribution in [0.1, 0.15) is 12.0 Å². The van der Waals surface area contributed by atoms with Crippen LogP contribution in [-0.2, 0) is 6.54 Å². The van der Waals surface area contributed by atoms with E-state index in [1.807, 2.05) is 10.8 Å². The minimum Gasteiger partial charge on any atom is -0.389 e. The van der Waals surface area contributed by atoms with Crippen molar-refractivity contribution in [2.75, 3.05) is 11.9 Å². The molecule has 0 saturated carbocycles. The third kappa shape index (κ3) is 3.75. The molecular weight excluding hydrogens is 263 g/mol. The molecular formula is C13H15FN4S. The van der Waals surface area contributed by atoms with Crippen molar-refractivity contribution in [2.24, 2.45) is 5.73 Å². The van der Waals surface area contributed by atoms with Gasteiger partial charge in [0.2, 0.25) is 0 Å². The Hall–Kier alpha value is -1.95. The molecule has 0 aliphatic heterocycles. The van der Waals surface area contributed by atoms with Gasteiger partial charge in [-0.15, -0.1) is 0 Å². The maximum Gasteiger partial charge on any atom is 0.146 e. The first-order valence-corrected chi connectivity index (χ1v) is 6.36. The van der Waals surface area contributed by atoms with E-state index in [4.69, 9.17) is 18.0 Å². The number of nitrogens with zero attached hydrogens (tertiary/aromatic N) is 2. The maximum atomic E-state index is 13.7. The zero-order chi connectivity index (χ0) is 13.7. The number of nitrogens with two attached hydrogens (primary N) is 1. The van der Waals surface area contributed by atoms with Crippen LogP contribution < -0.4 is 11.1 Å². The molecule has 1 heterocycles. The van der Waals surface area contributed by atoms with Gasteiger partial charge in [-0.3, -0.25) is 0 Å². The summed E-state index contributed by atoms with van der Waals surface area (Å²) in [6.07, 6.45) is 6.28. The predicted molar refractivity (Wildman–Crippen MR) is 77.6 cm³/mol. The van der Waals surface area contributed by atoms with Gasteiger partial charge in [-0.1, -0.05) is 12.2 Å². The van der Waals surface area contributed by atoms with Crippen molar-refractivity contribution in [3.05, 3.63) is 48.3 Å². The molecule has 0 fully saturated rings. The summed E-state index contributed by atoms with van der Waals surface area (Å²) in [7, 11) is 0. The molecule has 0 atom stereocenters. The standard InChI is InChI=1S/C13H15FN4S/c14-11-8-10(13(15)19)2-3-12(11)17-4-1-6-18-7-5-16-9-18/h2-3,5,7-9,17H,1,4,6H2,(H2,15,19). The van der Waals surface area contributed by atoms with E-state index < -0.39 is 0 Å². The average molecular weight is 278 g/mol. The number of hydrogen-bond acceptors (Lipinski definition) is 3. The molecule has 19 heavy (non-hydrogen) atoms. The van der Waals surface area contributed by atoms with E-state index >= 15 is 0 Å². The third-order valence-electron chi connectivity index (χ3n) is 2.72. The molecule has 0 aliphatic rings. The molecule has 6 heteroatoms. The second-order valence-corrected chi connectivity index (χ2v) is 4.58. The molecule has 0 bridgehead atoms. The second-order valence-electron chi connectivity index (χ2n) is 4.14. The van der Waals surface area contributed by atoms with Crippen LogP contribution in [0, 0.1) is 5.82 Å². The summed E-state index contributed by atoms with van der Waals surface area (Å²) in [6.45, 7) is 1.53. The first-order valence-electron chi connectivity index (χ1n) is 5.96. The van der Waals surface area contributed by atoms with Gasteiger partial charge in [0.15, 0.2) is 0 Å². The molecule has 0 amide bonds. The molecule has 0 spiro atoms. The quantitative estimate of drug-likeness (QED) is 0.628. The van der Waals surface area contributed by atoms with Gasteiger partial charge in [0, 0.05) is 31.0 Å². The van der Waals surface area contributed by atoms with Crippen LogP contribution in [-0.4, -0.2) is 21.1 Å². The van der Waals surface area contributed by atoms with Crippen molar-refractivity contribution in [1.29, 1.82) is 0 Å². The Labute approximate surface area is 116 Å². The summed E-state index contributed by atoms with van der Waals surface area (Å²) < 4.78 is 15.7. The highest BCUT2D eigenvalue weighted by atomic mass is 32.1. The van der Waals surface area contributed by atoms with Gasteiger partial charge in [0.25, 0.3) is 0 Å². The summed E-state index contributed by atoms with van der Waals surface area (Å²) >= 11 is 4.80. The fraction of sp³-hybridized carbons (Fsp3) is 0.231. The van der Waals surface area contributed by atoms with Crippen molar-refractivity contribution < 1.29 is 4.39 Å². The van der Waals surface area contributed by atoms with E-state index in [1.165, 1.54) is 6.07 Å². The Kier molecular flexibility index (Phi) is 4.46. The number of thiocarbonyl (C=S) groups is 1. The summed E-state index contributed by atoms with van der Waals surface area (Å²) in [6, 6.07) is 4.71. The van der Waals surface area contributed by atoms with Crippen LogP contribution in [0.4, 0.5) is 10.1 Å². The molecule has 100 valence electrons. The molecule has 3 N–H and O–H groups in total. The molecule has 2 rings (SSSR count). The number of anilines is 1. The fourth-order valence-corrected chi connectivity index (χ4v) is 1.84. The molecule has 1 aromatic heterocycles. The highest BCUT2D eigenvalue weighted by Gasteiger charge is 2.04. The summed E-state index contributed by atoms with van der Waals surface area (Å²) in [5.74, 6) is -0.340. The van der Waals surface area contributed by atoms with Crippen LogP contribution in [0.15, 0.2) is 36.9 Å². The highest BCUT2D eigenvalue weighted by Crippen LogP contribution is 2.15. The first-order chi connectivity index (χ1) is 9.16. The van der Waals surface area contributed by atoms with Crippen molar-refractivity contribution in [1.82, 2.24) is 9.55 Å². The van der Waals surface area contributed by atoms with Crippen LogP contribution in [0.5, 0.6) is 0 Å². The molecule has 2 aromatic rings. The molecule has 0 unspecified atom stereocenters. The monoisotopic (exact) mass is 278 g/mol. The van der Waals surface area contributed by atoms with Crippen molar-refractivity contribution >= 4 is 22.9 Å². The third-order valence-corrected chi connectivity index (χ3v) is 2.96. The number of benzene rings is 1. The van der Waals surface area contributed by atoms with Gasteiger partial charge in [-0.25, -0.2) is 9.37 Å². The van der Waals surface area contributed by atoms with E-state index in [-0.39, 0.29) is 10.8 Å². The number of imidazole rings is 1. The van der Waals surface area contributed by atoms with Gasteiger partial charge in [-0.05, 0) is 24.6 Å². The van der Waals surface area contributed by atoms with Crippen LogP contribution in [0.25, 0.3) is 0 Å². The molecule has 4 nitrogen and oxygen atoms in total. The van der Waals surface area contributed by atoms with Crippen LogP contribution in [0.3, 0.4) is 0 Å². The molecule has 0 radical (unpaired) electrons. The SMILES string of the molecule is NC(=S)c1ccc(NCCCn2ccnc2)c(F)c1. The van der Waals surface area contributed by atoms with Crippen molar-refractivity contribution in [3.8, 4) is 0 Å². The minimum atomic E-state index is -0.340. The summed E-state index contributed by atoms with van der Waals surface area (Å²) in [4.78, 5) is 4.16. The summed E-state index contributed by atoms with van der Waals surface area (Å²) in [5.41, 5.74) is 6.45. The van der Waals surface area contributed by atoms with E-state index in [9.17, 15) is 4.39 Å². The lowest BCUT2D eigenvalue weighted by molar-refractivity contribution is 0.624. The van der Waals surface area contributed by atoms with E-state index in [0.717, 1.165) is 13.0 Å². The lowest BCUT2D eigenvalue weighted by atomic mass is 10.2. The zero-order valence-electron chi connectivity index (χ0n) is 10.3. The normalized spacial score (nSPS) is 10.4. The zero-order valence-corrected chi connectivity index (χ0v) is 11.2. The Bertz CT molecular complexity index is 554. The van der Waals surface area contributed by atoms with Gasteiger partial charge in [0.1, 0.15) is 10.8 Å². The number of rotatable bonds is 6. The Morgan fingerprint density at radius 3 is 2.95 bits per heavy atom. The van der Waals surface area contributed by atoms with Crippen molar-refractivity contribution in [3.63, 3.8) is 0 Å². The van der Waals surface area contributed by atoms with Gasteiger partial charge < -0.3 is 15.6 Å². The Morgan fingerprint density at radius 2 is 2.32 bits per heavy atom. The summed E-state index contributed by atoms with van der Waals surface area (Å²) in [5, 5.41) is 3.05. The van der Waals surface area contributed by atoms with E-state index in [2.05, 4.69) is 10.3 Å². The largest absolute Gasteiger partial charge is 0.389 e. The Balaban J connectivity index is 1.84. The number of halogens is 1. The smallest absolute Gasteiger partial charge is 0.146 e. The predicted octanol–water partition coefficient (Wildman–Crippen LogP) is 2.16. The number of aromatic nitrogens is 2. The molecule has 0 saturated heterocycles. The van der Waals surface area contributed by atoms with Gasteiger partial charge in [-0.2, -0.15) is 0 Å². The molecule has 1 aromatic carbocycles. The highest BCUT2D eigenvalue weighted by molar-refractivity contribution is 7.80. The van der Waals surface area contributed by atoms with Gasteiger partial charge in [0.05, 0.1) is 12.0 Å². The van der Waals surface area contributed by atoms with Crippen LogP contribution >= 0.6 is 12.2 Å². The Morgan fingerprint density at radius 1 is 1.47 bits per heavy atom. The second kappa shape index (κ2) is 6.29. The molecule has 0 aliphatic carbocycles. The van der Waals surface area contributed by atoms with E-state index in [1.54, 1.807) is 24.7 Å². The van der Waals surface area contributed by atoms with Crippen LogP contribution in [0.2, 0.25) is 0 Å². The lowest BCUT2D eigenvalue weighted by Crippen LogP contribution is -2.11. The minimum absolute atomic E-state index is 0.200. The fourth-order valence-electron chi connectivity index (χ4n) is 1.72. The number of hydrogen-bond donors (Lipinski definition) is 2. The number of nitrogens with one attached hydrogen (secondary N) is 1. The van der Waals surface area contributed by atoms with E-state index in [0.29, 0.717) is 17.8 Å². The maximum absolute atomic E-state index is 13.7. The topological polar surface area (TPSA) is 55.9 Å². The average Bonchev–Trinajstić information content (AvgIpc) is 2.89. The number of aryl methyl sites for hydroxylation is 1. The van der Waals surface area contributed by atoms with Crippen molar-refractivity contribution in [2.45, 2.75) is 13.0 Å². The van der Waals surface area contributed by atoms with Gasteiger partial charge >= 0.3 is 0 Å². The lowest BCUT2D eigenvalue weighted by Gasteiger charge is -2.09. The first kappa shape index (κ1) is 13.5.